The van der Waals surface area contributed by atoms with E-state index in [2.05, 4.69) is 10.6 Å². The van der Waals surface area contributed by atoms with Gasteiger partial charge in [-0.05, 0) is 18.8 Å². The summed E-state index contributed by atoms with van der Waals surface area (Å²) in [6.07, 6.45) is 1.60. The Bertz CT molecular complexity index is 368. The summed E-state index contributed by atoms with van der Waals surface area (Å²) in [5, 5.41) is 5.25. The third-order valence-electron chi connectivity index (χ3n) is 3.66. The van der Waals surface area contributed by atoms with Crippen LogP contribution in [-0.4, -0.2) is 37.0 Å². The zero-order valence-electron chi connectivity index (χ0n) is 9.86. The molecule has 0 aromatic heterocycles. The van der Waals surface area contributed by atoms with Crippen LogP contribution < -0.4 is 10.6 Å². The van der Waals surface area contributed by atoms with Crippen molar-refractivity contribution >= 4 is 17.8 Å². The molecule has 4 unspecified atom stereocenters. The highest BCUT2D eigenvalue weighted by molar-refractivity contribution is 6.35. The van der Waals surface area contributed by atoms with Gasteiger partial charge in [0.15, 0.2) is 0 Å². The van der Waals surface area contributed by atoms with Crippen LogP contribution in [-0.2, 0) is 19.1 Å². The fourth-order valence-corrected chi connectivity index (χ4v) is 2.72. The first kappa shape index (κ1) is 11.9. The summed E-state index contributed by atoms with van der Waals surface area (Å²) in [5.41, 5.74) is 0. The van der Waals surface area contributed by atoms with Gasteiger partial charge in [0.1, 0.15) is 0 Å². The van der Waals surface area contributed by atoms with Gasteiger partial charge in [0, 0.05) is 0 Å². The van der Waals surface area contributed by atoms with Crippen molar-refractivity contribution in [3.63, 3.8) is 0 Å². The Labute approximate surface area is 99.1 Å². The molecule has 1 saturated heterocycles. The van der Waals surface area contributed by atoms with Crippen LogP contribution >= 0.6 is 0 Å². The van der Waals surface area contributed by atoms with Crippen LogP contribution in [0.1, 0.15) is 19.8 Å². The second kappa shape index (κ2) is 4.35. The minimum absolute atomic E-state index is 0.138. The number of carbonyl (C=O) groups excluding carboxylic acids is 3. The average Bonchev–Trinajstić information content (AvgIpc) is 2.30. The van der Waals surface area contributed by atoms with E-state index in [0.717, 1.165) is 12.8 Å². The number of hydrogen-bond acceptors (Lipinski definition) is 4. The normalized spacial score (nSPS) is 36.6. The number of amides is 2. The molecule has 2 N–H and O–H groups in total. The van der Waals surface area contributed by atoms with E-state index in [9.17, 15) is 14.4 Å². The lowest BCUT2D eigenvalue weighted by Gasteiger charge is -2.43. The van der Waals surface area contributed by atoms with Crippen LogP contribution in [0.2, 0.25) is 0 Å². The first-order chi connectivity index (χ1) is 8.04. The lowest BCUT2D eigenvalue weighted by molar-refractivity contribution is -0.154. The van der Waals surface area contributed by atoms with Crippen molar-refractivity contribution in [2.75, 3.05) is 7.11 Å². The molecule has 2 rings (SSSR count). The summed E-state index contributed by atoms with van der Waals surface area (Å²) in [6, 6.07) is -0.517. The third kappa shape index (κ3) is 1.99. The fraction of sp³-hybridized carbons (Fsp3) is 0.727. The second-order valence-electron chi connectivity index (χ2n) is 4.68. The molecule has 1 aliphatic carbocycles. The molecule has 4 atom stereocenters. The molecule has 2 aliphatic rings. The number of nitrogens with one attached hydrogen (secondary N) is 2. The molecule has 6 heteroatoms. The van der Waals surface area contributed by atoms with Crippen LogP contribution in [0.15, 0.2) is 0 Å². The van der Waals surface area contributed by atoms with Crippen molar-refractivity contribution in [1.29, 1.82) is 0 Å². The summed E-state index contributed by atoms with van der Waals surface area (Å²) < 4.78 is 4.77. The van der Waals surface area contributed by atoms with Gasteiger partial charge in [0.2, 0.25) is 0 Å². The summed E-state index contributed by atoms with van der Waals surface area (Å²) in [5.74, 6) is -1.87. The molecule has 1 aliphatic heterocycles. The topological polar surface area (TPSA) is 84.5 Å². The molecular formula is C11H16N2O4. The number of carbonyl (C=O) groups is 3. The molecule has 0 bridgehead atoms. The molecule has 17 heavy (non-hydrogen) atoms. The molecular weight excluding hydrogens is 224 g/mol. The van der Waals surface area contributed by atoms with Gasteiger partial charge in [-0.2, -0.15) is 0 Å². The first-order valence-electron chi connectivity index (χ1n) is 5.73. The van der Waals surface area contributed by atoms with Gasteiger partial charge in [-0.15, -0.1) is 0 Å². The molecule has 1 saturated carbocycles. The predicted octanol–water partition coefficient (Wildman–Crippen LogP) is -0.811. The monoisotopic (exact) mass is 240 g/mol. The molecule has 0 aromatic rings. The van der Waals surface area contributed by atoms with Crippen LogP contribution in [0, 0.1) is 11.8 Å². The Morgan fingerprint density at radius 3 is 2.53 bits per heavy atom. The predicted molar refractivity (Wildman–Crippen MR) is 57.8 cm³/mol. The number of ether oxygens (including phenoxy) is 1. The number of piperazine rings is 1. The quantitative estimate of drug-likeness (QED) is 0.463. The number of esters is 1. The van der Waals surface area contributed by atoms with Crippen LogP contribution in [0.5, 0.6) is 0 Å². The zero-order valence-corrected chi connectivity index (χ0v) is 9.86. The fourth-order valence-electron chi connectivity index (χ4n) is 2.72. The summed E-state index contributed by atoms with van der Waals surface area (Å²) >= 11 is 0. The zero-order chi connectivity index (χ0) is 12.6. The van der Waals surface area contributed by atoms with Gasteiger partial charge in [-0.25, -0.2) is 0 Å². The highest BCUT2D eigenvalue weighted by atomic mass is 16.5. The maximum atomic E-state index is 11.7. The smallest absolute Gasteiger partial charge is 0.311 e. The Balaban J connectivity index is 2.22. The molecule has 2 amide bonds. The minimum Gasteiger partial charge on any atom is -0.469 e. The van der Waals surface area contributed by atoms with Crippen LogP contribution in [0.4, 0.5) is 0 Å². The number of fused-ring (bicyclic) bond motifs is 1. The van der Waals surface area contributed by atoms with Gasteiger partial charge in [-0.1, -0.05) is 6.92 Å². The van der Waals surface area contributed by atoms with Crippen molar-refractivity contribution in [2.45, 2.75) is 31.8 Å². The van der Waals surface area contributed by atoms with Gasteiger partial charge in [0.25, 0.3) is 0 Å². The number of hydrogen-bond donors (Lipinski definition) is 2. The third-order valence-corrected chi connectivity index (χ3v) is 3.66. The van der Waals surface area contributed by atoms with E-state index < -0.39 is 11.8 Å². The summed E-state index contributed by atoms with van der Waals surface area (Å²) in [6.45, 7) is 1.96. The van der Waals surface area contributed by atoms with E-state index >= 15 is 0 Å². The van der Waals surface area contributed by atoms with Crippen molar-refractivity contribution in [1.82, 2.24) is 10.6 Å². The van der Waals surface area contributed by atoms with E-state index in [-0.39, 0.29) is 29.9 Å². The maximum absolute atomic E-state index is 11.7. The van der Waals surface area contributed by atoms with Gasteiger partial charge >= 0.3 is 17.8 Å². The molecule has 2 fully saturated rings. The van der Waals surface area contributed by atoms with E-state index in [1.54, 1.807) is 0 Å². The largest absolute Gasteiger partial charge is 0.469 e. The summed E-state index contributed by atoms with van der Waals surface area (Å²) in [7, 11) is 1.34. The first-order valence-corrected chi connectivity index (χ1v) is 5.73. The maximum Gasteiger partial charge on any atom is 0.311 e. The molecule has 0 radical (unpaired) electrons. The lowest BCUT2D eigenvalue weighted by atomic mass is 9.73. The van der Waals surface area contributed by atoms with Crippen molar-refractivity contribution < 1.29 is 19.1 Å². The molecule has 0 spiro atoms. The van der Waals surface area contributed by atoms with Crippen molar-refractivity contribution in [2.24, 2.45) is 11.8 Å². The Kier molecular flexibility index (Phi) is 3.04. The van der Waals surface area contributed by atoms with E-state index in [1.807, 2.05) is 6.92 Å². The van der Waals surface area contributed by atoms with E-state index in [0.29, 0.717) is 0 Å². The van der Waals surface area contributed by atoms with Gasteiger partial charge in [0.05, 0.1) is 25.1 Å². The van der Waals surface area contributed by atoms with Gasteiger partial charge < -0.3 is 15.4 Å². The molecule has 6 nitrogen and oxygen atoms in total. The second-order valence-corrected chi connectivity index (χ2v) is 4.68. The Morgan fingerprint density at radius 2 is 1.88 bits per heavy atom. The van der Waals surface area contributed by atoms with E-state index in [1.165, 1.54) is 7.11 Å². The molecule has 94 valence electrons. The number of methoxy groups -OCH3 is 1. The van der Waals surface area contributed by atoms with Crippen LogP contribution in [0.25, 0.3) is 0 Å². The lowest BCUT2D eigenvalue weighted by Crippen LogP contribution is -2.67. The Hall–Kier alpha value is -1.59. The highest BCUT2D eigenvalue weighted by Crippen LogP contribution is 2.32. The standard InChI is InChI=1S/C11H16N2O4/c1-5-3-4-6-8(7(5)11(16)17-2)13-10(15)9(14)12-6/h5-8H,3-4H2,1-2H3,(H,12,14)(H,13,15). The SMILES string of the molecule is COC(=O)C1C(C)CCC2NC(=O)C(=O)NC21. The summed E-state index contributed by atoms with van der Waals surface area (Å²) in [4.78, 5) is 34.3. The van der Waals surface area contributed by atoms with Crippen molar-refractivity contribution in [3.8, 4) is 0 Å². The van der Waals surface area contributed by atoms with Crippen molar-refractivity contribution in [3.05, 3.63) is 0 Å². The van der Waals surface area contributed by atoms with E-state index in [4.69, 9.17) is 4.74 Å². The highest BCUT2D eigenvalue weighted by Gasteiger charge is 2.47. The van der Waals surface area contributed by atoms with Crippen LogP contribution in [0.3, 0.4) is 0 Å². The van der Waals surface area contributed by atoms with Gasteiger partial charge in [-0.3, -0.25) is 14.4 Å². The average molecular weight is 240 g/mol. The molecule has 0 aromatic carbocycles. The molecule has 1 heterocycles. The number of rotatable bonds is 1. The Morgan fingerprint density at radius 1 is 1.24 bits per heavy atom. The minimum atomic E-state index is -0.672.